The van der Waals surface area contributed by atoms with E-state index in [4.69, 9.17) is 10.5 Å². The zero-order valence-corrected chi connectivity index (χ0v) is 13.3. The molecule has 21 heavy (non-hydrogen) atoms. The molecule has 1 aromatic rings. The van der Waals surface area contributed by atoms with Gasteiger partial charge in [-0.25, -0.2) is 8.42 Å². The number of nitrogens with zero attached hydrogens (tertiary/aromatic N) is 1. The molecule has 0 radical (unpaired) electrons. The quantitative estimate of drug-likeness (QED) is 0.815. The largest absolute Gasteiger partial charge is 0.398 e. The summed E-state index contributed by atoms with van der Waals surface area (Å²) in [5.41, 5.74) is 7.03. The van der Waals surface area contributed by atoms with Gasteiger partial charge in [-0.15, -0.1) is 0 Å². The van der Waals surface area contributed by atoms with E-state index < -0.39 is 10.0 Å². The summed E-state index contributed by atoms with van der Waals surface area (Å²) in [6, 6.07) is 7.11. The Morgan fingerprint density at radius 3 is 2.86 bits per heavy atom. The van der Waals surface area contributed by atoms with E-state index in [0.717, 1.165) is 19.3 Å². The van der Waals surface area contributed by atoms with Crippen molar-refractivity contribution in [3.8, 4) is 0 Å². The normalized spacial score (nSPS) is 20.5. The molecule has 6 heteroatoms. The first kappa shape index (κ1) is 16.3. The highest BCUT2D eigenvalue weighted by Gasteiger charge is 2.29. The van der Waals surface area contributed by atoms with Crippen LogP contribution < -0.4 is 5.73 Å². The Bertz CT molecular complexity index is 560. The molecule has 118 valence electrons. The summed E-state index contributed by atoms with van der Waals surface area (Å²) in [7, 11) is -3.34. The Kier molecular flexibility index (Phi) is 5.61. The van der Waals surface area contributed by atoms with Crippen molar-refractivity contribution in [1.29, 1.82) is 0 Å². The van der Waals surface area contributed by atoms with Crippen molar-refractivity contribution < 1.29 is 13.2 Å². The van der Waals surface area contributed by atoms with Crippen molar-refractivity contribution in [3.05, 3.63) is 29.8 Å². The van der Waals surface area contributed by atoms with Gasteiger partial charge in [0.05, 0.1) is 11.9 Å². The molecule has 1 aromatic carbocycles. The van der Waals surface area contributed by atoms with Crippen LogP contribution in [0, 0.1) is 0 Å². The first-order valence-electron chi connectivity index (χ1n) is 7.45. The summed E-state index contributed by atoms with van der Waals surface area (Å²) in [5, 5.41) is 0. The monoisotopic (exact) mass is 312 g/mol. The van der Waals surface area contributed by atoms with Crippen LogP contribution in [0.2, 0.25) is 0 Å². The Morgan fingerprint density at radius 2 is 2.14 bits per heavy atom. The van der Waals surface area contributed by atoms with E-state index in [0.29, 0.717) is 30.9 Å². The smallest absolute Gasteiger partial charge is 0.218 e. The van der Waals surface area contributed by atoms with E-state index in [1.165, 1.54) is 0 Å². The van der Waals surface area contributed by atoms with Crippen LogP contribution >= 0.6 is 0 Å². The second-order valence-electron chi connectivity index (χ2n) is 5.45. The Labute approximate surface area is 127 Å². The van der Waals surface area contributed by atoms with E-state index in [1.807, 2.05) is 6.07 Å². The summed E-state index contributed by atoms with van der Waals surface area (Å²) >= 11 is 0. The molecule has 1 saturated heterocycles. The van der Waals surface area contributed by atoms with Crippen molar-refractivity contribution in [2.75, 3.05) is 25.4 Å². The fourth-order valence-electron chi connectivity index (χ4n) is 2.53. The van der Waals surface area contributed by atoms with Gasteiger partial charge in [-0.2, -0.15) is 4.31 Å². The number of hydrogen-bond donors (Lipinski definition) is 1. The fraction of sp³-hybridized carbons (Fsp3) is 0.600. The molecule has 1 aliphatic rings. The lowest BCUT2D eigenvalue weighted by atomic mass is 10.1. The molecule has 2 rings (SSSR count). The molecule has 1 heterocycles. The molecular formula is C15H24N2O3S. The van der Waals surface area contributed by atoms with Gasteiger partial charge in [0.25, 0.3) is 0 Å². The number of piperidine rings is 1. The van der Waals surface area contributed by atoms with Crippen LogP contribution in [0.1, 0.15) is 31.7 Å². The minimum Gasteiger partial charge on any atom is -0.398 e. The lowest BCUT2D eigenvalue weighted by Gasteiger charge is -2.32. The molecule has 0 aliphatic carbocycles. The zero-order valence-electron chi connectivity index (χ0n) is 12.5. The highest BCUT2D eigenvalue weighted by atomic mass is 32.2. The van der Waals surface area contributed by atoms with Crippen molar-refractivity contribution in [3.63, 3.8) is 0 Å². The molecule has 1 unspecified atom stereocenters. The maximum Gasteiger partial charge on any atom is 0.218 e. The third-order valence-electron chi connectivity index (χ3n) is 3.68. The van der Waals surface area contributed by atoms with Crippen LogP contribution in [-0.2, 0) is 20.5 Å². The molecule has 1 atom stereocenters. The predicted octanol–water partition coefficient (Wildman–Crippen LogP) is 1.99. The van der Waals surface area contributed by atoms with Crippen molar-refractivity contribution >= 4 is 15.7 Å². The fourth-order valence-corrected chi connectivity index (χ4v) is 4.17. The molecule has 1 fully saturated rings. The summed E-state index contributed by atoms with van der Waals surface area (Å²) in [4.78, 5) is 0. The maximum absolute atomic E-state index is 12.5. The van der Waals surface area contributed by atoms with Crippen LogP contribution in [0.3, 0.4) is 0 Å². The molecule has 0 aromatic heterocycles. The Morgan fingerprint density at radius 1 is 1.38 bits per heavy atom. The molecule has 1 aliphatic heterocycles. The second-order valence-corrected chi connectivity index (χ2v) is 7.42. The first-order valence-corrected chi connectivity index (χ1v) is 9.06. The Balaban J connectivity index is 2.03. The maximum atomic E-state index is 12.5. The summed E-state index contributed by atoms with van der Waals surface area (Å²) < 4.78 is 32.3. The van der Waals surface area contributed by atoms with Gasteiger partial charge in [0.15, 0.2) is 0 Å². The Hall–Kier alpha value is -1.11. The van der Waals surface area contributed by atoms with Gasteiger partial charge in [-0.3, -0.25) is 0 Å². The average Bonchev–Trinajstić information content (AvgIpc) is 2.48. The van der Waals surface area contributed by atoms with Crippen LogP contribution in [0.5, 0.6) is 0 Å². The number of anilines is 1. The van der Waals surface area contributed by atoms with E-state index in [9.17, 15) is 8.42 Å². The third-order valence-corrected chi connectivity index (χ3v) is 5.48. The molecule has 0 amide bonds. The van der Waals surface area contributed by atoms with Crippen LogP contribution in [0.4, 0.5) is 5.69 Å². The number of nitrogen functional groups attached to an aromatic ring is 1. The molecular weight excluding hydrogens is 288 g/mol. The number of sulfonamides is 1. The number of rotatable bonds is 6. The summed E-state index contributed by atoms with van der Waals surface area (Å²) in [6.45, 7) is 3.76. The number of hydrogen-bond acceptors (Lipinski definition) is 4. The average molecular weight is 312 g/mol. The van der Waals surface area contributed by atoms with Gasteiger partial charge >= 0.3 is 0 Å². The van der Waals surface area contributed by atoms with Crippen LogP contribution in [0.15, 0.2) is 24.3 Å². The lowest BCUT2D eigenvalue weighted by molar-refractivity contribution is 0.0193. The van der Waals surface area contributed by atoms with E-state index in [1.54, 1.807) is 22.5 Å². The molecule has 5 nitrogen and oxygen atoms in total. The SMILES string of the molecule is CCCOC1CCCN(S(=O)(=O)Cc2ccccc2N)C1. The van der Waals surface area contributed by atoms with E-state index in [2.05, 4.69) is 6.92 Å². The molecule has 2 N–H and O–H groups in total. The first-order chi connectivity index (χ1) is 10.0. The van der Waals surface area contributed by atoms with Crippen molar-refractivity contribution in [2.45, 2.75) is 38.0 Å². The highest BCUT2D eigenvalue weighted by Crippen LogP contribution is 2.21. The standard InChI is InChI=1S/C15H24N2O3S/c1-2-10-20-14-7-5-9-17(11-14)21(18,19)12-13-6-3-4-8-15(13)16/h3-4,6,8,14H,2,5,7,9-12,16H2,1H3. The van der Waals surface area contributed by atoms with Crippen molar-refractivity contribution in [2.24, 2.45) is 0 Å². The van der Waals surface area contributed by atoms with Gasteiger partial charge in [0, 0.05) is 25.4 Å². The zero-order chi connectivity index (χ0) is 15.3. The number of nitrogens with two attached hydrogens (primary N) is 1. The predicted molar refractivity (Wildman–Crippen MR) is 84.3 cm³/mol. The minimum atomic E-state index is -3.34. The number of benzene rings is 1. The summed E-state index contributed by atoms with van der Waals surface area (Å²) in [6.07, 6.45) is 2.74. The van der Waals surface area contributed by atoms with Gasteiger partial charge in [-0.05, 0) is 30.9 Å². The second kappa shape index (κ2) is 7.24. The molecule has 0 bridgehead atoms. The van der Waals surface area contributed by atoms with E-state index in [-0.39, 0.29) is 11.9 Å². The highest BCUT2D eigenvalue weighted by molar-refractivity contribution is 7.88. The molecule has 0 saturated carbocycles. The van der Waals surface area contributed by atoms with Crippen LogP contribution in [-0.4, -0.2) is 38.5 Å². The van der Waals surface area contributed by atoms with Crippen LogP contribution in [0.25, 0.3) is 0 Å². The van der Waals surface area contributed by atoms with Gasteiger partial charge < -0.3 is 10.5 Å². The van der Waals surface area contributed by atoms with Crippen molar-refractivity contribution in [1.82, 2.24) is 4.31 Å². The number of ether oxygens (including phenoxy) is 1. The van der Waals surface area contributed by atoms with E-state index >= 15 is 0 Å². The van der Waals surface area contributed by atoms with Gasteiger partial charge in [0.2, 0.25) is 10.0 Å². The third kappa shape index (κ3) is 4.43. The topological polar surface area (TPSA) is 72.6 Å². The summed E-state index contributed by atoms with van der Waals surface area (Å²) in [5.74, 6) is -0.0415. The number of para-hydroxylation sites is 1. The minimum absolute atomic E-state index is 0.0154. The lowest BCUT2D eigenvalue weighted by Crippen LogP contribution is -2.43. The van der Waals surface area contributed by atoms with Gasteiger partial charge in [0.1, 0.15) is 0 Å². The van der Waals surface area contributed by atoms with Gasteiger partial charge in [-0.1, -0.05) is 25.1 Å². The molecule has 0 spiro atoms.